The Morgan fingerprint density at radius 3 is 2.73 bits per heavy atom. The van der Waals surface area contributed by atoms with Crippen molar-refractivity contribution in [1.29, 1.82) is 0 Å². The van der Waals surface area contributed by atoms with Crippen LogP contribution >= 0.6 is 0 Å². The Bertz CT molecular complexity index is 648. The Labute approximate surface area is 156 Å². The van der Waals surface area contributed by atoms with Crippen molar-refractivity contribution in [3.05, 3.63) is 23.1 Å². The summed E-state index contributed by atoms with van der Waals surface area (Å²) >= 11 is 0. The Kier molecular flexibility index (Phi) is 4.21. The first kappa shape index (κ1) is 17.7. The number of hydrogen-bond acceptors (Lipinski definition) is 5. The maximum atomic E-state index is 12.1. The molecule has 0 atom stereocenters. The van der Waals surface area contributed by atoms with Gasteiger partial charge in [0, 0.05) is 55.8 Å². The number of carbonyl (C=O) groups is 1. The molecule has 4 rings (SSSR count). The number of amides is 1. The van der Waals surface area contributed by atoms with Crippen molar-refractivity contribution in [2.24, 2.45) is 5.41 Å². The van der Waals surface area contributed by atoms with E-state index in [1.807, 2.05) is 25.7 Å². The lowest BCUT2D eigenvalue weighted by Crippen LogP contribution is -2.65. The molecule has 26 heavy (non-hydrogen) atoms. The highest BCUT2D eigenvalue weighted by molar-refractivity contribution is 5.69. The minimum atomic E-state index is -0.425. The van der Waals surface area contributed by atoms with E-state index in [1.165, 1.54) is 11.3 Å². The van der Waals surface area contributed by atoms with Crippen LogP contribution in [0.1, 0.15) is 40.0 Å². The Morgan fingerprint density at radius 1 is 1.31 bits per heavy atom. The second-order valence-electron chi connectivity index (χ2n) is 9.38. The van der Waals surface area contributed by atoms with Crippen LogP contribution in [0.5, 0.6) is 0 Å². The van der Waals surface area contributed by atoms with E-state index >= 15 is 0 Å². The van der Waals surface area contributed by atoms with Gasteiger partial charge in [-0.05, 0) is 46.7 Å². The van der Waals surface area contributed by atoms with Crippen molar-refractivity contribution in [1.82, 2.24) is 15.1 Å². The van der Waals surface area contributed by atoms with E-state index < -0.39 is 5.60 Å². The zero-order chi connectivity index (χ0) is 18.5. The van der Waals surface area contributed by atoms with Gasteiger partial charge in [-0.25, -0.2) is 4.79 Å². The monoisotopic (exact) mass is 361 g/mol. The lowest BCUT2D eigenvalue weighted by Gasteiger charge is -2.58. The van der Waals surface area contributed by atoms with E-state index in [0.717, 1.165) is 57.7 Å². The molecule has 1 saturated carbocycles. The highest BCUT2D eigenvalue weighted by atomic mass is 16.6. The first-order chi connectivity index (χ1) is 12.2. The fraction of sp³-hybridized carbons (Fsp3) is 0.750. The Balaban J connectivity index is 1.27. The topological polar surface area (TPSA) is 54.0 Å². The van der Waals surface area contributed by atoms with Crippen LogP contribution in [0.25, 0.3) is 0 Å². The maximum Gasteiger partial charge on any atom is 0.410 e. The average Bonchev–Trinajstić information content (AvgIpc) is 2.46. The van der Waals surface area contributed by atoms with Crippen LogP contribution in [0, 0.1) is 5.41 Å². The third-order valence-electron chi connectivity index (χ3n) is 5.76. The molecule has 144 valence electrons. The number of nitrogens with zero attached hydrogens (tertiary/aromatic N) is 2. The van der Waals surface area contributed by atoms with Crippen molar-refractivity contribution in [2.45, 2.75) is 51.7 Å². The first-order valence-corrected chi connectivity index (χ1v) is 9.73. The van der Waals surface area contributed by atoms with Crippen LogP contribution in [0.4, 0.5) is 4.79 Å². The van der Waals surface area contributed by atoms with Crippen molar-refractivity contribution in [3.8, 4) is 0 Å². The van der Waals surface area contributed by atoms with Crippen molar-refractivity contribution >= 4 is 6.09 Å². The van der Waals surface area contributed by atoms with E-state index in [1.54, 1.807) is 0 Å². The minimum Gasteiger partial charge on any atom is -0.490 e. The average molecular weight is 361 g/mol. The van der Waals surface area contributed by atoms with Gasteiger partial charge in [-0.15, -0.1) is 0 Å². The van der Waals surface area contributed by atoms with Gasteiger partial charge < -0.3 is 24.6 Å². The molecule has 0 bridgehead atoms. The van der Waals surface area contributed by atoms with Gasteiger partial charge >= 0.3 is 6.09 Å². The highest BCUT2D eigenvalue weighted by Crippen LogP contribution is 2.50. The molecule has 6 heteroatoms. The van der Waals surface area contributed by atoms with Gasteiger partial charge in [0.15, 0.2) is 0 Å². The van der Waals surface area contributed by atoms with Gasteiger partial charge in [0.2, 0.25) is 0 Å². The van der Waals surface area contributed by atoms with Gasteiger partial charge in [-0.3, -0.25) is 0 Å². The minimum absolute atomic E-state index is 0.186. The lowest BCUT2D eigenvalue weighted by atomic mass is 9.62. The van der Waals surface area contributed by atoms with Gasteiger partial charge in [0.1, 0.15) is 17.5 Å². The largest absolute Gasteiger partial charge is 0.490 e. The molecule has 0 aromatic heterocycles. The van der Waals surface area contributed by atoms with Crippen LogP contribution in [-0.4, -0.2) is 67.4 Å². The molecule has 0 aromatic rings. The zero-order valence-electron chi connectivity index (χ0n) is 16.4. The van der Waals surface area contributed by atoms with E-state index in [4.69, 9.17) is 9.47 Å². The maximum absolute atomic E-state index is 12.1. The van der Waals surface area contributed by atoms with Crippen LogP contribution in [-0.2, 0) is 9.47 Å². The Morgan fingerprint density at radius 2 is 2.04 bits per heavy atom. The molecular weight excluding hydrogens is 330 g/mol. The summed E-state index contributed by atoms with van der Waals surface area (Å²) in [6.45, 7) is 10.3. The quantitative estimate of drug-likeness (QED) is 0.819. The third kappa shape index (κ3) is 3.43. The predicted molar refractivity (Wildman–Crippen MR) is 99.6 cm³/mol. The summed E-state index contributed by atoms with van der Waals surface area (Å²) < 4.78 is 11.8. The van der Waals surface area contributed by atoms with Crippen LogP contribution in [0.15, 0.2) is 23.1 Å². The molecule has 1 N–H and O–H groups in total. The van der Waals surface area contributed by atoms with Crippen molar-refractivity contribution in [2.75, 3.05) is 39.8 Å². The molecule has 2 fully saturated rings. The number of likely N-dealkylation sites (N-methyl/N-ethyl adjacent to an activating group) is 1. The summed E-state index contributed by atoms with van der Waals surface area (Å²) in [5.74, 6) is 1.08. The molecule has 3 heterocycles. The predicted octanol–water partition coefficient (Wildman–Crippen LogP) is 2.48. The van der Waals surface area contributed by atoms with Gasteiger partial charge in [-0.2, -0.15) is 0 Å². The molecule has 1 amide bonds. The standard InChI is InChI=1S/C20H31N3O3/c1-19(2,3)26-18(24)23-12-20(13-23)9-14(10-20)25-17-5-7-21-16-6-8-22(4)11-15(16)17/h5,14,21H,6-13H2,1-4H3. The molecule has 0 radical (unpaired) electrons. The molecule has 6 nitrogen and oxygen atoms in total. The summed E-state index contributed by atoms with van der Waals surface area (Å²) in [4.78, 5) is 16.3. The fourth-order valence-corrected chi connectivity index (χ4v) is 4.48. The van der Waals surface area contributed by atoms with Crippen LogP contribution in [0.3, 0.4) is 0 Å². The summed E-state index contributed by atoms with van der Waals surface area (Å²) in [6, 6.07) is 0. The summed E-state index contributed by atoms with van der Waals surface area (Å²) in [6.07, 6.45) is 5.42. The highest BCUT2D eigenvalue weighted by Gasteiger charge is 2.55. The van der Waals surface area contributed by atoms with Gasteiger partial charge in [0.05, 0.1) is 0 Å². The SMILES string of the molecule is CN1CCC2=C(C1)C(OC1CC3(C1)CN(C(=O)OC(C)(C)C)C3)=CCN2. The lowest BCUT2D eigenvalue weighted by molar-refractivity contribution is -0.132. The van der Waals surface area contributed by atoms with E-state index in [-0.39, 0.29) is 17.6 Å². The molecular formula is C20H31N3O3. The summed E-state index contributed by atoms with van der Waals surface area (Å²) in [5, 5.41) is 3.49. The summed E-state index contributed by atoms with van der Waals surface area (Å²) in [5.41, 5.74) is 2.52. The molecule has 0 unspecified atom stereocenters. The van der Waals surface area contributed by atoms with E-state index in [2.05, 4.69) is 23.3 Å². The fourth-order valence-electron chi connectivity index (χ4n) is 4.48. The number of ether oxygens (including phenoxy) is 2. The smallest absolute Gasteiger partial charge is 0.410 e. The van der Waals surface area contributed by atoms with Crippen LogP contribution < -0.4 is 5.32 Å². The van der Waals surface area contributed by atoms with Crippen molar-refractivity contribution < 1.29 is 14.3 Å². The second kappa shape index (κ2) is 6.19. The number of likely N-dealkylation sites (tertiary alicyclic amines) is 1. The number of carbonyl (C=O) groups excluding carboxylic acids is 1. The molecule has 4 aliphatic rings. The molecule has 1 aliphatic carbocycles. The third-order valence-corrected chi connectivity index (χ3v) is 5.76. The number of nitrogens with one attached hydrogen (secondary N) is 1. The van der Waals surface area contributed by atoms with Gasteiger partial charge in [0.25, 0.3) is 0 Å². The second-order valence-corrected chi connectivity index (χ2v) is 9.38. The van der Waals surface area contributed by atoms with E-state index in [0.29, 0.717) is 0 Å². The zero-order valence-corrected chi connectivity index (χ0v) is 16.4. The molecule has 0 aromatic carbocycles. The number of rotatable bonds is 2. The van der Waals surface area contributed by atoms with Crippen molar-refractivity contribution in [3.63, 3.8) is 0 Å². The normalized spacial score (nSPS) is 25.7. The Hall–Kier alpha value is -1.69. The molecule has 3 aliphatic heterocycles. The number of dihydropyridines is 1. The van der Waals surface area contributed by atoms with E-state index in [9.17, 15) is 4.79 Å². The first-order valence-electron chi connectivity index (χ1n) is 9.73. The number of hydrogen-bond donors (Lipinski definition) is 1. The van der Waals surface area contributed by atoms with Gasteiger partial charge in [-0.1, -0.05) is 0 Å². The van der Waals surface area contributed by atoms with Crippen LogP contribution in [0.2, 0.25) is 0 Å². The summed E-state index contributed by atoms with van der Waals surface area (Å²) in [7, 11) is 2.16. The molecule has 1 spiro atoms. The molecule has 1 saturated heterocycles.